The first-order valence-electron chi connectivity index (χ1n) is 17.7. The van der Waals surface area contributed by atoms with E-state index in [1.54, 1.807) is 6.07 Å². The van der Waals surface area contributed by atoms with Crippen molar-refractivity contribution in [2.24, 2.45) is 0 Å². The summed E-state index contributed by atoms with van der Waals surface area (Å²) in [7, 11) is 0. The van der Waals surface area contributed by atoms with E-state index in [1.807, 2.05) is 103 Å². The van der Waals surface area contributed by atoms with Gasteiger partial charge in [0.2, 0.25) is 0 Å². The van der Waals surface area contributed by atoms with Crippen LogP contribution in [0.2, 0.25) is 0 Å². The van der Waals surface area contributed by atoms with Gasteiger partial charge in [0.15, 0.2) is 17.5 Å². The SMILES string of the molecule is [2H]c1c([2H])c([2H])c2c(c1[2H])c1c([2H])c([2H])c([2H])c([2H])c1n2-c1cc(-c2nc(-c3ccccc3)nc(-c3ccccc3)n2)ccc1-c1ccccc1. The van der Waals surface area contributed by atoms with E-state index in [-0.39, 0.29) is 33.9 Å². The zero-order valence-electron chi connectivity index (χ0n) is 30.7. The van der Waals surface area contributed by atoms with Crippen molar-refractivity contribution >= 4 is 21.8 Å². The fraction of sp³-hybridized carbons (Fsp3) is 0. The summed E-state index contributed by atoms with van der Waals surface area (Å²) in [4.78, 5) is 14.6. The molecule has 0 aliphatic rings. The molecule has 0 atom stereocenters. The molecule has 2 heterocycles. The second kappa shape index (κ2) is 10.5. The van der Waals surface area contributed by atoms with Gasteiger partial charge in [-0.25, -0.2) is 15.0 Å². The summed E-state index contributed by atoms with van der Waals surface area (Å²) in [6, 6.07) is 30.5. The Labute approximate surface area is 260 Å². The summed E-state index contributed by atoms with van der Waals surface area (Å²) in [5, 5.41) is 0.00982. The quantitative estimate of drug-likeness (QED) is 0.211. The smallest absolute Gasteiger partial charge is 0.164 e. The van der Waals surface area contributed by atoms with E-state index in [4.69, 9.17) is 25.9 Å². The molecule has 4 heteroatoms. The molecule has 0 spiro atoms. The second-order valence-corrected chi connectivity index (χ2v) is 9.92. The van der Waals surface area contributed by atoms with Gasteiger partial charge in [-0.1, -0.05) is 139 Å². The first kappa shape index (κ1) is 17.8. The van der Waals surface area contributed by atoms with Crippen molar-refractivity contribution in [1.82, 2.24) is 19.5 Å². The van der Waals surface area contributed by atoms with Crippen LogP contribution in [0.3, 0.4) is 0 Å². The molecule has 43 heavy (non-hydrogen) atoms. The molecule has 0 N–H and O–H groups in total. The highest BCUT2D eigenvalue weighted by molar-refractivity contribution is 6.09. The third-order valence-corrected chi connectivity index (χ3v) is 7.31. The fourth-order valence-electron chi connectivity index (χ4n) is 5.32. The van der Waals surface area contributed by atoms with Gasteiger partial charge in [0, 0.05) is 33.0 Å². The summed E-state index contributed by atoms with van der Waals surface area (Å²) in [6.45, 7) is 0. The second-order valence-electron chi connectivity index (χ2n) is 9.92. The van der Waals surface area contributed by atoms with Crippen molar-refractivity contribution in [3.05, 3.63) is 158 Å². The summed E-state index contributed by atoms with van der Waals surface area (Å²) in [6.07, 6.45) is 0. The van der Waals surface area contributed by atoms with E-state index >= 15 is 0 Å². The number of hydrogen-bond acceptors (Lipinski definition) is 3. The van der Waals surface area contributed by atoms with E-state index < -0.39 is 36.3 Å². The van der Waals surface area contributed by atoms with Gasteiger partial charge in [-0.2, -0.15) is 0 Å². The lowest BCUT2D eigenvalue weighted by Crippen LogP contribution is -2.02. The van der Waals surface area contributed by atoms with Crippen LogP contribution in [0.1, 0.15) is 11.0 Å². The van der Waals surface area contributed by atoms with Gasteiger partial charge in [-0.15, -0.1) is 0 Å². The maximum atomic E-state index is 9.08. The lowest BCUT2D eigenvalue weighted by atomic mass is 10.0. The average Bonchev–Trinajstić information content (AvgIpc) is 3.55. The molecule has 0 unspecified atom stereocenters. The minimum atomic E-state index is -0.497. The summed E-state index contributed by atoms with van der Waals surface area (Å²) < 4.78 is 71.6. The van der Waals surface area contributed by atoms with Gasteiger partial charge in [-0.05, 0) is 23.7 Å². The summed E-state index contributed by atoms with van der Waals surface area (Å²) in [5.41, 5.74) is 4.03. The van der Waals surface area contributed by atoms with Crippen LogP contribution in [0, 0.1) is 0 Å². The normalized spacial score (nSPS) is 13.9. The first-order chi connectivity index (χ1) is 24.7. The molecule has 0 fully saturated rings. The molecular formula is C39H26N4. The largest absolute Gasteiger partial charge is 0.309 e. The molecule has 0 aliphatic carbocycles. The molecule has 0 amide bonds. The molecule has 4 nitrogen and oxygen atoms in total. The lowest BCUT2D eigenvalue weighted by molar-refractivity contribution is 1.07. The van der Waals surface area contributed by atoms with Gasteiger partial charge in [-0.3, -0.25) is 0 Å². The lowest BCUT2D eigenvalue weighted by Gasteiger charge is -2.16. The standard InChI is InChI=1S/C39H26N4/c1-4-14-27(15-5-1)31-25-24-30(26-36(31)43-34-22-12-10-20-32(34)33-21-11-13-23-35(33)43)39-41-37(28-16-6-2-7-17-28)40-38(42-39)29-18-8-3-9-19-29/h1-26H/i10D,11D,12D,13D,20D,21D,22D,23D. The number of benzene rings is 6. The van der Waals surface area contributed by atoms with Gasteiger partial charge in [0.25, 0.3) is 0 Å². The van der Waals surface area contributed by atoms with Crippen molar-refractivity contribution in [1.29, 1.82) is 0 Å². The van der Waals surface area contributed by atoms with Crippen molar-refractivity contribution in [2.75, 3.05) is 0 Å². The molecule has 2 aromatic heterocycles. The van der Waals surface area contributed by atoms with Crippen molar-refractivity contribution < 1.29 is 11.0 Å². The molecule has 202 valence electrons. The number of para-hydroxylation sites is 2. The zero-order chi connectivity index (χ0) is 35.6. The summed E-state index contributed by atoms with van der Waals surface area (Å²) in [5.74, 6) is 1.25. The average molecular weight is 559 g/mol. The van der Waals surface area contributed by atoms with Gasteiger partial charge < -0.3 is 4.57 Å². The number of aromatic nitrogens is 4. The highest BCUT2D eigenvalue weighted by Crippen LogP contribution is 2.38. The van der Waals surface area contributed by atoms with Crippen molar-refractivity contribution in [3.63, 3.8) is 0 Å². The maximum Gasteiger partial charge on any atom is 0.164 e. The fourth-order valence-corrected chi connectivity index (χ4v) is 5.32. The Morgan fingerprint density at radius 1 is 0.442 bits per heavy atom. The number of rotatable bonds is 5. The topological polar surface area (TPSA) is 43.6 Å². The Bertz CT molecular complexity index is 2530. The number of nitrogens with zero attached hydrogens (tertiary/aromatic N) is 4. The Kier molecular flexibility index (Phi) is 4.36. The van der Waals surface area contributed by atoms with Gasteiger partial charge >= 0.3 is 0 Å². The third kappa shape index (κ3) is 4.46. The summed E-state index contributed by atoms with van der Waals surface area (Å²) >= 11 is 0. The highest BCUT2D eigenvalue weighted by Gasteiger charge is 2.18. The van der Waals surface area contributed by atoms with Crippen LogP contribution in [0.25, 0.3) is 72.8 Å². The zero-order valence-corrected chi connectivity index (χ0v) is 22.7. The predicted octanol–water partition coefficient (Wildman–Crippen LogP) is 9.64. The third-order valence-electron chi connectivity index (χ3n) is 7.31. The number of hydrogen-bond donors (Lipinski definition) is 0. The van der Waals surface area contributed by atoms with E-state index in [0.717, 1.165) is 16.7 Å². The Hall–Kier alpha value is -5.87. The van der Waals surface area contributed by atoms with Crippen LogP contribution in [-0.4, -0.2) is 19.5 Å². The molecule has 0 aliphatic heterocycles. The van der Waals surface area contributed by atoms with Crippen LogP contribution >= 0.6 is 0 Å². The molecule has 8 aromatic rings. The van der Waals surface area contributed by atoms with Crippen LogP contribution < -0.4 is 0 Å². The van der Waals surface area contributed by atoms with Crippen molar-refractivity contribution in [3.8, 4) is 51.0 Å². The molecule has 0 bridgehead atoms. The van der Waals surface area contributed by atoms with E-state index in [9.17, 15) is 0 Å². The van der Waals surface area contributed by atoms with Crippen LogP contribution in [0.5, 0.6) is 0 Å². The van der Waals surface area contributed by atoms with E-state index in [0.29, 0.717) is 34.3 Å². The van der Waals surface area contributed by atoms with Crippen LogP contribution in [0.4, 0.5) is 0 Å². The molecule has 0 radical (unpaired) electrons. The van der Waals surface area contributed by atoms with E-state index in [2.05, 4.69) is 0 Å². The molecular weight excluding hydrogens is 524 g/mol. The number of fused-ring (bicyclic) bond motifs is 3. The minimum absolute atomic E-state index is 0.00491. The Morgan fingerprint density at radius 2 is 0.884 bits per heavy atom. The van der Waals surface area contributed by atoms with Gasteiger partial charge in [0.1, 0.15) is 0 Å². The van der Waals surface area contributed by atoms with Crippen molar-refractivity contribution in [2.45, 2.75) is 0 Å². The first-order valence-corrected chi connectivity index (χ1v) is 13.7. The van der Waals surface area contributed by atoms with E-state index in [1.165, 1.54) is 4.57 Å². The molecule has 0 saturated heterocycles. The molecule has 0 saturated carbocycles. The van der Waals surface area contributed by atoms with Gasteiger partial charge in [0.05, 0.1) is 27.7 Å². The predicted molar refractivity (Wildman–Crippen MR) is 176 cm³/mol. The minimum Gasteiger partial charge on any atom is -0.309 e. The molecule has 8 rings (SSSR count). The Morgan fingerprint density at radius 3 is 1.40 bits per heavy atom. The highest BCUT2D eigenvalue weighted by atomic mass is 15.0. The Balaban J connectivity index is 1.52. The molecule has 6 aromatic carbocycles. The monoisotopic (exact) mass is 558 g/mol. The van der Waals surface area contributed by atoms with Crippen LogP contribution in [0.15, 0.2) is 158 Å². The maximum absolute atomic E-state index is 9.08. The van der Waals surface area contributed by atoms with Crippen LogP contribution in [-0.2, 0) is 0 Å².